The molecule has 4 aromatic rings. The summed E-state index contributed by atoms with van der Waals surface area (Å²) < 4.78 is 2.36. The van der Waals surface area contributed by atoms with Crippen molar-refractivity contribution in [3.05, 3.63) is 53.7 Å². The van der Waals surface area contributed by atoms with Crippen molar-refractivity contribution in [1.82, 2.24) is 9.38 Å². The number of thioether (sulfide) groups is 1. The van der Waals surface area contributed by atoms with Crippen molar-refractivity contribution in [1.29, 1.82) is 0 Å². The lowest BCUT2D eigenvalue weighted by atomic mass is 10.0. The number of hydrogen-bond acceptors (Lipinski definition) is 2. The van der Waals surface area contributed by atoms with Crippen LogP contribution < -0.4 is 0 Å². The van der Waals surface area contributed by atoms with Gasteiger partial charge in [0.25, 0.3) is 0 Å². The lowest BCUT2D eigenvalue weighted by Gasteiger charge is -2.17. The van der Waals surface area contributed by atoms with Crippen LogP contribution in [0.5, 0.6) is 0 Å². The van der Waals surface area contributed by atoms with Gasteiger partial charge in [0.2, 0.25) is 0 Å². The molecule has 20 heavy (non-hydrogen) atoms. The van der Waals surface area contributed by atoms with Crippen molar-refractivity contribution in [2.75, 3.05) is 0 Å². The van der Waals surface area contributed by atoms with Gasteiger partial charge in [-0.3, -0.25) is 4.40 Å². The highest BCUT2D eigenvalue weighted by molar-refractivity contribution is 7.98. The van der Waals surface area contributed by atoms with E-state index in [1.165, 1.54) is 32.3 Å². The number of para-hydroxylation sites is 1. The summed E-state index contributed by atoms with van der Waals surface area (Å²) in [6.07, 6.45) is 0. The SMILES string of the molecule is Cc1nc2c3ccccc3c3cccc4c3n2c1SC4. The van der Waals surface area contributed by atoms with Gasteiger partial charge in [-0.05, 0) is 17.9 Å². The highest BCUT2D eigenvalue weighted by Crippen LogP contribution is 2.40. The summed E-state index contributed by atoms with van der Waals surface area (Å²) in [5, 5.41) is 5.19. The van der Waals surface area contributed by atoms with Crippen LogP contribution in [-0.4, -0.2) is 9.38 Å². The van der Waals surface area contributed by atoms with E-state index >= 15 is 0 Å². The number of benzene rings is 2. The molecule has 0 radical (unpaired) electrons. The van der Waals surface area contributed by atoms with Crippen LogP contribution >= 0.6 is 11.8 Å². The summed E-state index contributed by atoms with van der Waals surface area (Å²) in [6, 6.07) is 15.2. The van der Waals surface area contributed by atoms with E-state index in [0.717, 1.165) is 17.1 Å². The molecule has 0 unspecified atom stereocenters. The van der Waals surface area contributed by atoms with E-state index in [0.29, 0.717) is 0 Å². The van der Waals surface area contributed by atoms with Crippen LogP contribution in [0.15, 0.2) is 47.5 Å². The number of imidazole rings is 1. The summed E-state index contributed by atoms with van der Waals surface area (Å²) in [7, 11) is 0. The quantitative estimate of drug-likeness (QED) is 0.438. The molecule has 0 N–H and O–H groups in total. The van der Waals surface area contributed by atoms with Gasteiger partial charge in [0.15, 0.2) is 0 Å². The average Bonchev–Trinajstić information content (AvgIpc) is 2.84. The Hall–Kier alpha value is -2.00. The first kappa shape index (κ1) is 10.7. The fourth-order valence-corrected chi connectivity index (χ4v) is 4.41. The Bertz CT molecular complexity index is 1010. The van der Waals surface area contributed by atoms with E-state index in [1.54, 1.807) is 0 Å². The standard InChI is InChI=1S/C17H12N2S/c1-10-17-19-15-11(9-20-17)5-4-8-13(15)12-6-2-3-7-14(12)16(19)18-10/h2-8H,9H2,1H3. The largest absolute Gasteiger partial charge is 0.286 e. The number of aryl methyl sites for hydroxylation is 1. The first-order valence-electron chi connectivity index (χ1n) is 6.79. The van der Waals surface area contributed by atoms with E-state index in [9.17, 15) is 0 Å². The van der Waals surface area contributed by atoms with Gasteiger partial charge < -0.3 is 0 Å². The molecule has 0 fully saturated rings. The van der Waals surface area contributed by atoms with Crippen LogP contribution in [0.25, 0.3) is 27.3 Å². The molecule has 0 saturated carbocycles. The third-order valence-electron chi connectivity index (χ3n) is 4.16. The van der Waals surface area contributed by atoms with Crippen molar-refractivity contribution in [3.63, 3.8) is 0 Å². The predicted octanol–water partition coefficient (Wildman–Crippen LogP) is 4.55. The van der Waals surface area contributed by atoms with Gasteiger partial charge in [-0.1, -0.05) is 42.5 Å². The molecular formula is C17H12N2S. The third kappa shape index (κ3) is 1.15. The molecule has 0 aliphatic carbocycles. The minimum atomic E-state index is 1.04. The Morgan fingerprint density at radius 1 is 1.00 bits per heavy atom. The zero-order valence-corrected chi connectivity index (χ0v) is 11.9. The van der Waals surface area contributed by atoms with Crippen LogP contribution in [-0.2, 0) is 5.75 Å². The number of nitrogens with zero attached hydrogens (tertiary/aromatic N) is 2. The minimum Gasteiger partial charge on any atom is -0.286 e. The second kappa shape index (κ2) is 3.55. The fraction of sp³-hybridized carbons (Fsp3) is 0.118. The zero-order valence-electron chi connectivity index (χ0n) is 11.1. The molecule has 0 saturated heterocycles. The van der Waals surface area contributed by atoms with Crippen LogP contribution in [0.1, 0.15) is 11.3 Å². The maximum atomic E-state index is 4.84. The van der Waals surface area contributed by atoms with E-state index < -0.39 is 0 Å². The Labute approximate surface area is 120 Å². The van der Waals surface area contributed by atoms with Crippen molar-refractivity contribution in [3.8, 4) is 0 Å². The molecule has 3 heteroatoms. The minimum absolute atomic E-state index is 1.04. The number of fused-ring (bicyclic) bond motifs is 3. The summed E-state index contributed by atoms with van der Waals surface area (Å²) in [6.45, 7) is 2.11. The number of rotatable bonds is 0. The fourth-order valence-electron chi connectivity index (χ4n) is 3.32. The molecule has 1 aliphatic heterocycles. The molecular weight excluding hydrogens is 264 g/mol. The molecule has 0 amide bonds. The van der Waals surface area contributed by atoms with Crippen LogP contribution in [0.3, 0.4) is 0 Å². The first-order valence-corrected chi connectivity index (χ1v) is 7.77. The van der Waals surface area contributed by atoms with Crippen molar-refractivity contribution < 1.29 is 0 Å². The molecule has 0 atom stereocenters. The molecule has 2 aromatic carbocycles. The molecule has 2 nitrogen and oxygen atoms in total. The highest BCUT2D eigenvalue weighted by atomic mass is 32.2. The topological polar surface area (TPSA) is 17.3 Å². The lowest BCUT2D eigenvalue weighted by Crippen LogP contribution is -2.01. The molecule has 2 aromatic heterocycles. The molecule has 0 spiro atoms. The maximum Gasteiger partial charge on any atom is 0.146 e. The molecule has 3 heterocycles. The van der Waals surface area contributed by atoms with Gasteiger partial charge in [-0.2, -0.15) is 0 Å². The van der Waals surface area contributed by atoms with Gasteiger partial charge in [0, 0.05) is 16.5 Å². The van der Waals surface area contributed by atoms with Crippen LogP contribution in [0.4, 0.5) is 0 Å². The summed E-state index contributed by atoms with van der Waals surface area (Å²) in [5.74, 6) is 1.04. The van der Waals surface area contributed by atoms with E-state index in [1.807, 2.05) is 11.8 Å². The van der Waals surface area contributed by atoms with Crippen LogP contribution in [0.2, 0.25) is 0 Å². The second-order valence-corrected chi connectivity index (χ2v) is 6.27. The highest BCUT2D eigenvalue weighted by Gasteiger charge is 2.21. The number of hydrogen-bond donors (Lipinski definition) is 0. The summed E-state index contributed by atoms with van der Waals surface area (Å²) in [5.41, 5.74) is 4.99. The molecule has 96 valence electrons. The van der Waals surface area contributed by atoms with Crippen molar-refractivity contribution in [2.45, 2.75) is 17.7 Å². The summed E-state index contributed by atoms with van der Waals surface area (Å²) >= 11 is 1.90. The average molecular weight is 276 g/mol. The van der Waals surface area contributed by atoms with Crippen molar-refractivity contribution >= 4 is 39.1 Å². The number of pyridine rings is 1. The Morgan fingerprint density at radius 3 is 2.70 bits per heavy atom. The van der Waals surface area contributed by atoms with Gasteiger partial charge in [-0.25, -0.2) is 4.98 Å². The van der Waals surface area contributed by atoms with E-state index in [-0.39, 0.29) is 0 Å². The molecule has 5 rings (SSSR count). The third-order valence-corrected chi connectivity index (χ3v) is 5.37. The normalized spacial score (nSPS) is 13.8. The van der Waals surface area contributed by atoms with Gasteiger partial charge >= 0.3 is 0 Å². The van der Waals surface area contributed by atoms with Gasteiger partial charge in [0.05, 0.1) is 11.2 Å². The molecule has 0 bridgehead atoms. The lowest BCUT2D eigenvalue weighted by molar-refractivity contribution is 1.04. The maximum absolute atomic E-state index is 4.84. The van der Waals surface area contributed by atoms with Crippen molar-refractivity contribution in [2.24, 2.45) is 0 Å². The zero-order chi connectivity index (χ0) is 13.3. The second-order valence-electron chi connectivity index (χ2n) is 5.31. The smallest absolute Gasteiger partial charge is 0.146 e. The van der Waals surface area contributed by atoms with E-state index in [4.69, 9.17) is 4.98 Å². The van der Waals surface area contributed by atoms with Crippen LogP contribution in [0, 0.1) is 6.92 Å². The monoisotopic (exact) mass is 276 g/mol. The predicted molar refractivity (Wildman–Crippen MR) is 84.5 cm³/mol. The number of aromatic nitrogens is 2. The van der Waals surface area contributed by atoms with Gasteiger partial charge in [0.1, 0.15) is 10.7 Å². The van der Waals surface area contributed by atoms with Gasteiger partial charge in [-0.15, -0.1) is 11.8 Å². The Balaban J connectivity index is 2.26. The van der Waals surface area contributed by atoms with E-state index in [2.05, 4.69) is 53.8 Å². The summed E-state index contributed by atoms with van der Waals surface area (Å²) in [4.78, 5) is 4.84. The Kier molecular flexibility index (Phi) is 1.91. The first-order chi connectivity index (χ1) is 9.84. The Morgan fingerprint density at radius 2 is 1.80 bits per heavy atom. The molecule has 1 aliphatic rings.